The first kappa shape index (κ1) is 21.9. The molecule has 0 aromatic heterocycles. The Bertz CT molecular complexity index is 388. The van der Waals surface area contributed by atoms with Crippen LogP contribution in [0.2, 0.25) is 0 Å². The number of likely N-dealkylation sites (tertiary alicyclic amines) is 1. The van der Waals surface area contributed by atoms with Crippen LogP contribution in [0.5, 0.6) is 0 Å². The molecule has 0 aromatic carbocycles. The Labute approximate surface area is 151 Å². The largest absolute Gasteiger partial charge is 0.469 e. The molecule has 0 bridgehead atoms. The van der Waals surface area contributed by atoms with Gasteiger partial charge in [-0.3, -0.25) is 9.59 Å². The molecule has 2 unspecified atom stereocenters. The lowest BCUT2D eigenvalue weighted by Gasteiger charge is -2.18. The highest BCUT2D eigenvalue weighted by Gasteiger charge is 2.30. The fourth-order valence-electron chi connectivity index (χ4n) is 3.34. The van der Waals surface area contributed by atoms with Gasteiger partial charge >= 0.3 is 5.97 Å². The highest BCUT2D eigenvalue weighted by Crippen LogP contribution is 2.21. The van der Waals surface area contributed by atoms with Gasteiger partial charge in [-0.15, -0.1) is 0 Å². The number of carbonyl (C=O) groups excluding carboxylic acids is 2. The number of nitrogens with zero attached hydrogens (tertiary/aromatic N) is 1. The predicted molar refractivity (Wildman–Crippen MR) is 96.0 cm³/mol. The van der Waals surface area contributed by atoms with Crippen LogP contribution in [0.15, 0.2) is 0 Å². The number of hydrogen-bond donors (Lipinski definition) is 2. The maximum atomic E-state index is 12.1. The van der Waals surface area contributed by atoms with Crippen LogP contribution in [0, 0.1) is 5.92 Å². The average Bonchev–Trinajstić information content (AvgIpc) is 3.12. The first-order valence-electron chi connectivity index (χ1n) is 9.72. The van der Waals surface area contributed by atoms with Crippen molar-refractivity contribution in [2.45, 2.75) is 76.7 Å². The summed E-state index contributed by atoms with van der Waals surface area (Å²) in [7, 11) is 1.42. The Morgan fingerprint density at radius 1 is 1.04 bits per heavy atom. The molecule has 1 fully saturated rings. The van der Waals surface area contributed by atoms with Gasteiger partial charge < -0.3 is 19.8 Å². The van der Waals surface area contributed by atoms with Gasteiger partial charge in [0.15, 0.2) is 0 Å². The number of unbranched alkanes of at least 4 members (excludes halogenated alkanes) is 7. The number of esters is 1. The van der Waals surface area contributed by atoms with E-state index >= 15 is 0 Å². The minimum Gasteiger partial charge on any atom is -0.469 e. The third-order valence-electron chi connectivity index (χ3n) is 5.06. The molecule has 6 nitrogen and oxygen atoms in total. The monoisotopic (exact) mass is 357 g/mol. The molecular formula is C19H35NO5. The third-order valence-corrected chi connectivity index (χ3v) is 5.06. The second-order valence-corrected chi connectivity index (χ2v) is 7.04. The van der Waals surface area contributed by atoms with Crippen LogP contribution in [0.4, 0.5) is 0 Å². The van der Waals surface area contributed by atoms with E-state index in [0.29, 0.717) is 25.9 Å². The summed E-state index contributed by atoms with van der Waals surface area (Å²) in [6.07, 6.45) is 9.82. The molecule has 1 rings (SSSR count). The number of ether oxygens (including phenoxy) is 1. The van der Waals surface area contributed by atoms with Crippen molar-refractivity contribution in [3.63, 3.8) is 0 Å². The van der Waals surface area contributed by atoms with Crippen molar-refractivity contribution in [2.24, 2.45) is 5.92 Å². The molecule has 1 saturated heterocycles. The van der Waals surface area contributed by atoms with E-state index in [1.54, 1.807) is 0 Å². The van der Waals surface area contributed by atoms with Crippen molar-refractivity contribution in [2.75, 3.05) is 26.8 Å². The zero-order chi connectivity index (χ0) is 18.5. The van der Waals surface area contributed by atoms with E-state index in [1.807, 2.05) is 4.90 Å². The van der Waals surface area contributed by atoms with Crippen LogP contribution in [0.1, 0.15) is 70.6 Å². The number of carbonyl (C=O) groups is 2. The normalized spacial score (nSPS) is 18.4. The van der Waals surface area contributed by atoms with Crippen molar-refractivity contribution in [3.05, 3.63) is 0 Å². The van der Waals surface area contributed by atoms with Crippen molar-refractivity contribution in [1.29, 1.82) is 0 Å². The van der Waals surface area contributed by atoms with Crippen LogP contribution in [-0.2, 0) is 14.3 Å². The molecule has 6 heteroatoms. The number of amides is 1. The standard InChI is InChI=1S/C19H35NO5/c1-25-19(24)11-9-7-5-3-2-4-6-8-10-18(23)20-13-12-16(14-20)17(22)15-21/h16-17,21-22H,2-15H2,1H3. The zero-order valence-electron chi connectivity index (χ0n) is 15.6. The molecule has 1 aliphatic rings. The van der Waals surface area contributed by atoms with E-state index in [0.717, 1.165) is 44.9 Å². The lowest BCUT2D eigenvalue weighted by atomic mass is 10.0. The average molecular weight is 357 g/mol. The highest BCUT2D eigenvalue weighted by molar-refractivity contribution is 5.76. The first-order chi connectivity index (χ1) is 12.1. The Balaban J connectivity index is 1.93. The van der Waals surface area contributed by atoms with Gasteiger partial charge in [-0.25, -0.2) is 0 Å². The van der Waals surface area contributed by atoms with E-state index in [1.165, 1.54) is 20.0 Å². The van der Waals surface area contributed by atoms with Gasteiger partial charge in [-0.05, 0) is 19.3 Å². The quantitative estimate of drug-likeness (QED) is 0.390. The third kappa shape index (κ3) is 9.21. The second kappa shape index (κ2) is 13.1. The second-order valence-electron chi connectivity index (χ2n) is 7.04. The summed E-state index contributed by atoms with van der Waals surface area (Å²) in [5, 5.41) is 18.6. The van der Waals surface area contributed by atoms with Gasteiger partial charge in [-0.2, -0.15) is 0 Å². The van der Waals surface area contributed by atoms with E-state index in [-0.39, 0.29) is 24.4 Å². The van der Waals surface area contributed by atoms with Gasteiger partial charge in [0.25, 0.3) is 0 Å². The number of rotatable bonds is 13. The molecule has 25 heavy (non-hydrogen) atoms. The number of aliphatic hydroxyl groups excluding tert-OH is 2. The Hall–Kier alpha value is -1.14. The Morgan fingerprint density at radius 3 is 2.16 bits per heavy atom. The minimum atomic E-state index is -0.703. The summed E-state index contributed by atoms with van der Waals surface area (Å²) in [5.74, 6) is 0.0726. The SMILES string of the molecule is COC(=O)CCCCCCCCCCC(=O)N1CCC(C(O)CO)C1. The summed E-state index contributed by atoms with van der Waals surface area (Å²) in [5.41, 5.74) is 0. The molecule has 0 aromatic rings. The molecule has 0 radical (unpaired) electrons. The molecular weight excluding hydrogens is 322 g/mol. The van der Waals surface area contributed by atoms with Crippen LogP contribution in [-0.4, -0.2) is 59.9 Å². The molecule has 1 heterocycles. The van der Waals surface area contributed by atoms with Crippen LogP contribution >= 0.6 is 0 Å². The van der Waals surface area contributed by atoms with Crippen LogP contribution in [0.25, 0.3) is 0 Å². The fourth-order valence-corrected chi connectivity index (χ4v) is 3.34. The van der Waals surface area contributed by atoms with Gasteiger partial charge in [0, 0.05) is 31.8 Å². The van der Waals surface area contributed by atoms with Crippen LogP contribution < -0.4 is 0 Å². The molecule has 0 saturated carbocycles. The summed E-state index contributed by atoms with van der Waals surface area (Å²) in [4.78, 5) is 24.9. The summed E-state index contributed by atoms with van der Waals surface area (Å²) >= 11 is 0. The Kier molecular flexibility index (Phi) is 11.5. The fraction of sp³-hybridized carbons (Fsp3) is 0.895. The molecule has 0 spiro atoms. The minimum absolute atomic E-state index is 0.0214. The van der Waals surface area contributed by atoms with Gasteiger partial charge in [0.1, 0.15) is 0 Å². The summed E-state index contributed by atoms with van der Waals surface area (Å²) < 4.78 is 4.61. The molecule has 2 atom stereocenters. The smallest absolute Gasteiger partial charge is 0.305 e. The van der Waals surface area contributed by atoms with Crippen molar-refractivity contribution in [1.82, 2.24) is 4.90 Å². The van der Waals surface area contributed by atoms with Gasteiger partial charge in [-0.1, -0.05) is 38.5 Å². The predicted octanol–water partition coefficient (Wildman–Crippen LogP) is 2.26. The van der Waals surface area contributed by atoms with Gasteiger partial charge in [0.2, 0.25) is 5.91 Å². The number of aliphatic hydroxyl groups is 2. The maximum absolute atomic E-state index is 12.1. The maximum Gasteiger partial charge on any atom is 0.305 e. The van der Waals surface area contributed by atoms with Gasteiger partial charge in [0.05, 0.1) is 19.8 Å². The van der Waals surface area contributed by atoms with E-state index in [2.05, 4.69) is 4.74 Å². The number of methoxy groups -OCH3 is 1. The lowest BCUT2D eigenvalue weighted by molar-refractivity contribution is -0.140. The Morgan fingerprint density at radius 2 is 1.60 bits per heavy atom. The molecule has 1 amide bonds. The number of hydrogen-bond acceptors (Lipinski definition) is 5. The highest BCUT2D eigenvalue weighted by atomic mass is 16.5. The summed E-state index contributed by atoms with van der Waals surface area (Å²) in [6, 6.07) is 0. The van der Waals surface area contributed by atoms with Crippen molar-refractivity contribution < 1.29 is 24.5 Å². The molecule has 146 valence electrons. The van der Waals surface area contributed by atoms with Crippen molar-refractivity contribution >= 4 is 11.9 Å². The van der Waals surface area contributed by atoms with Crippen molar-refractivity contribution in [3.8, 4) is 0 Å². The summed E-state index contributed by atoms with van der Waals surface area (Å²) in [6.45, 7) is 1.05. The topological polar surface area (TPSA) is 87.1 Å². The van der Waals surface area contributed by atoms with E-state index in [9.17, 15) is 14.7 Å². The zero-order valence-corrected chi connectivity index (χ0v) is 15.6. The van der Waals surface area contributed by atoms with E-state index < -0.39 is 6.10 Å². The molecule has 1 aliphatic heterocycles. The van der Waals surface area contributed by atoms with E-state index in [4.69, 9.17) is 5.11 Å². The van der Waals surface area contributed by atoms with Crippen LogP contribution in [0.3, 0.4) is 0 Å². The lowest BCUT2D eigenvalue weighted by Crippen LogP contribution is -2.31. The molecule has 2 N–H and O–H groups in total. The first-order valence-corrected chi connectivity index (χ1v) is 9.72. The molecule has 0 aliphatic carbocycles.